The lowest BCUT2D eigenvalue weighted by Crippen LogP contribution is -2.13. The Morgan fingerprint density at radius 3 is 2.14 bits per heavy atom. The molecule has 3 aromatic rings. The van der Waals surface area contributed by atoms with Gasteiger partial charge in [-0.1, -0.05) is 24.3 Å². The van der Waals surface area contributed by atoms with Crippen molar-refractivity contribution < 1.29 is 9.59 Å². The second-order valence-corrected chi connectivity index (χ2v) is 7.32. The Kier molecular flexibility index (Phi) is 6.67. The van der Waals surface area contributed by atoms with Crippen LogP contribution < -0.4 is 10.6 Å². The van der Waals surface area contributed by atoms with E-state index in [1.807, 2.05) is 30.3 Å². The second-order valence-electron chi connectivity index (χ2n) is 6.31. The van der Waals surface area contributed by atoms with Crippen molar-refractivity contribution >= 4 is 35.0 Å². The van der Waals surface area contributed by atoms with E-state index in [2.05, 4.69) is 16.7 Å². The van der Waals surface area contributed by atoms with Crippen LogP contribution in [0.2, 0.25) is 0 Å². The van der Waals surface area contributed by atoms with E-state index < -0.39 is 0 Å². The monoisotopic (exact) mass is 401 g/mol. The maximum Gasteiger partial charge on any atom is 0.256 e. The third-order valence-corrected chi connectivity index (χ3v) is 5.22. The lowest BCUT2D eigenvalue weighted by atomic mass is 10.2. The molecule has 3 rings (SSSR count). The van der Waals surface area contributed by atoms with Crippen molar-refractivity contribution in [3.8, 4) is 6.07 Å². The molecule has 6 heteroatoms. The van der Waals surface area contributed by atoms with Crippen LogP contribution in [-0.2, 0) is 10.5 Å². The molecular weight excluding hydrogens is 382 g/mol. The third-order valence-electron chi connectivity index (χ3n) is 4.07. The van der Waals surface area contributed by atoms with Crippen LogP contribution in [0.4, 0.5) is 11.4 Å². The zero-order valence-corrected chi connectivity index (χ0v) is 16.6. The van der Waals surface area contributed by atoms with E-state index in [-0.39, 0.29) is 11.8 Å². The fourth-order valence-electron chi connectivity index (χ4n) is 2.66. The van der Waals surface area contributed by atoms with Gasteiger partial charge < -0.3 is 10.6 Å². The van der Waals surface area contributed by atoms with Crippen molar-refractivity contribution in [1.82, 2.24) is 0 Å². The van der Waals surface area contributed by atoms with Crippen LogP contribution in [0.3, 0.4) is 0 Å². The van der Waals surface area contributed by atoms with E-state index in [1.54, 1.807) is 54.2 Å². The molecular formula is C23H19N3O2S. The van der Waals surface area contributed by atoms with Gasteiger partial charge in [0, 0.05) is 28.9 Å². The number of carbonyl (C=O) groups excluding carboxylic acids is 2. The van der Waals surface area contributed by atoms with E-state index in [0.717, 1.165) is 10.5 Å². The highest BCUT2D eigenvalue weighted by Crippen LogP contribution is 2.27. The van der Waals surface area contributed by atoms with Gasteiger partial charge in [-0.25, -0.2) is 0 Å². The molecule has 0 spiro atoms. The fraction of sp³-hybridized carbons (Fsp3) is 0.0870. The number of benzene rings is 3. The van der Waals surface area contributed by atoms with Crippen LogP contribution >= 0.6 is 11.8 Å². The lowest BCUT2D eigenvalue weighted by Gasteiger charge is -2.11. The number of nitrogens with one attached hydrogen (secondary N) is 2. The summed E-state index contributed by atoms with van der Waals surface area (Å²) in [5.74, 6) is 0.358. The second kappa shape index (κ2) is 9.58. The summed E-state index contributed by atoms with van der Waals surface area (Å²) in [6.45, 7) is 1.45. The first-order valence-corrected chi connectivity index (χ1v) is 9.93. The standard InChI is InChI=1S/C23H19N3O2S/c1-16(27)25-19-10-12-20(13-11-19)26-23(28)21-4-2-3-5-22(21)29-15-18-8-6-17(14-24)7-9-18/h2-13H,15H2,1H3,(H,25,27)(H,26,28). The molecule has 2 amide bonds. The summed E-state index contributed by atoms with van der Waals surface area (Å²) >= 11 is 1.57. The summed E-state index contributed by atoms with van der Waals surface area (Å²) in [7, 11) is 0. The van der Waals surface area contributed by atoms with E-state index >= 15 is 0 Å². The lowest BCUT2D eigenvalue weighted by molar-refractivity contribution is -0.114. The zero-order chi connectivity index (χ0) is 20.6. The van der Waals surface area contributed by atoms with Crippen molar-refractivity contribution in [2.45, 2.75) is 17.6 Å². The first-order valence-electron chi connectivity index (χ1n) is 8.95. The highest BCUT2D eigenvalue weighted by molar-refractivity contribution is 7.98. The molecule has 0 radical (unpaired) electrons. The Morgan fingerprint density at radius 1 is 0.897 bits per heavy atom. The van der Waals surface area contributed by atoms with E-state index in [9.17, 15) is 9.59 Å². The van der Waals surface area contributed by atoms with Gasteiger partial charge in [0.1, 0.15) is 0 Å². The van der Waals surface area contributed by atoms with Crippen molar-refractivity contribution in [1.29, 1.82) is 5.26 Å². The van der Waals surface area contributed by atoms with Gasteiger partial charge >= 0.3 is 0 Å². The topological polar surface area (TPSA) is 82.0 Å². The molecule has 3 aromatic carbocycles. The third kappa shape index (κ3) is 5.71. The van der Waals surface area contributed by atoms with Gasteiger partial charge in [0.25, 0.3) is 5.91 Å². The predicted octanol–water partition coefficient (Wildman–Crippen LogP) is 5.06. The number of rotatable bonds is 6. The molecule has 0 atom stereocenters. The maximum absolute atomic E-state index is 12.8. The highest BCUT2D eigenvalue weighted by atomic mass is 32.2. The zero-order valence-electron chi connectivity index (χ0n) is 15.8. The van der Waals surface area contributed by atoms with Crippen molar-refractivity contribution in [3.63, 3.8) is 0 Å². The summed E-state index contributed by atoms with van der Waals surface area (Å²) < 4.78 is 0. The molecule has 0 aliphatic heterocycles. The van der Waals surface area contributed by atoms with Gasteiger partial charge in [-0.15, -0.1) is 11.8 Å². The van der Waals surface area contributed by atoms with Gasteiger partial charge in [0.2, 0.25) is 5.91 Å². The van der Waals surface area contributed by atoms with E-state index in [4.69, 9.17) is 5.26 Å². The quantitative estimate of drug-likeness (QED) is 0.566. The molecule has 0 saturated carbocycles. The van der Waals surface area contributed by atoms with Crippen molar-refractivity contribution in [3.05, 3.63) is 89.5 Å². The summed E-state index contributed by atoms with van der Waals surface area (Å²) in [5.41, 5.74) is 3.63. The number of hydrogen-bond acceptors (Lipinski definition) is 4. The molecule has 5 nitrogen and oxygen atoms in total. The van der Waals surface area contributed by atoms with Gasteiger partial charge in [-0.05, 0) is 54.1 Å². The minimum atomic E-state index is -0.194. The van der Waals surface area contributed by atoms with E-state index in [0.29, 0.717) is 28.3 Å². The number of anilines is 2. The number of carbonyl (C=O) groups is 2. The molecule has 0 fully saturated rings. The Bertz CT molecular complexity index is 1050. The Morgan fingerprint density at radius 2 is 1.52 bits per heavy atom. The number of nitriles is 1. The van der Waals surface area contributed by atoms with Crippen LogP contribution in [0.25, 0.3) is 0 Å². The molecule has 2 N–H and O–H groups in total. The van der Waals surface area contributed by atoms with Crippen LogP contribution in [0.15, 0.2) is 77.7 Å². The van der Waals surface area contributed by atoms with Crippen LogP contribution in [0.1, 0.15) is 28.4 Å². The average Bonchev–Trinajstić information content (AvgIpc) is 2.74. The van der Waals surface area contributed by atoms with Crippen molar-refractivity contribution in [2.75, 3.05) is 10.6 Å². The largest absolute Gasteiger partial charge is 0.326 e. The molecule has 29 heavy (non-hydrogen) atoms. The Balaban J connectivity index is 1.67. The summed E-state index contributed by atoms with van der Waals surface area (Å²) in [5, 5.41) is 14.5. The molecule has 0 heterocycles. The number of nitrogens with zero attached hydrogens (tertiary/aromatic N) is 1. The molecule has 0 saturated heterocycles. The average molecular weight is 401 g/mol. The normalized spacial score (nSPS) is 10.1. The maximum atomic E-state index is 12.8. The summed E-state index contributed by atoms with van der Waals surface area (Å²) in [6.07, 6.45) is 0. The molecule has 0 aliphatic carbocycles. The van der Waals surface area contributed by atoms with Gasteiger partial charge in [-0.3, -0.25) is 9.59 Å². The first-order chi connectivity index (χ1) is 14.0. The van der Waals surface area contributed by atoms with Gasteiger partial charge in [-0.2, -0.15) is 5.26 Å². The van der Waals surface area contributed by atoms with Crippen LogP contribution in [0, 0.1) is 11.3 Å². The molecule has 0 aromatic heterocycles. The minimum Gasteiger partial charge on any atom is -0.326 e. The van der Waals surface area contributed by atoms with Crippen LogP contribution in [0.5, 0.6) is 0 Å². The number of hydrogen-bond donors (Lipinski definition) is 2. The molecule has 144 valence electrons. The highest BCUT2D eigenvalue weighted by Gasteiger charge is 2.12. The molecule has 0 bridgehead atoms. The van der Waals surface area contributed by atoms with Crippen molar-refractivity contribution in [2.24, 2.45) is 0 Å². The van der Waals surface area contributed by atoms with Gasteiger partial charge in [0.15, 0.2) is 0 Å². The predicted molar refractivity (Wildman–Crippen MR) is 116 cm³/mol. The Hall–Kier alpha value is -3.56. The minimum absolute atomic E-state index is 0.144. The smallest absolute Gasteiger partial charge is 0.256 e. The Labute approximate surface area is 173 Å². The number of thioether (sulfide) groups is 1. The fourth-order valence-corrected chi connectivity index (χ4v) is 3.66. The van der Waals surface area contributed by atoms with Crippen LogP contribution in [-0.4, -0.2) is 11.8 Å². The molecule has 0 unspecified atom stereocenters. The van der Waals surface area contributed by atoms with Gasteiger partial charge in [0.05, 0.1) is 17.2 Å². The molecule has 0 aliphatic rings. The SMILES string of the molecule is CC(=O)Nc1ccc(NC(=O)c2ccccc2SCc2ccc(C#N)cc2)cc1. The summed E-state index contributed by atoms with van der Waals surface area (Å²) in [6, 6.07) is 24.0. The summed E-state index contributed by atoms with van der Waals surface area (Å²) in [4.78, 5) is 24.7. The first kappa shape index (κ1) is 20.2. The van der Waals surface area contributed by atoms with E-state index in [1.165, 1.54) is 6.92 Å². The number of amides is 2.